The Hall–Kier alpha value is -3.34. The third kappa shape index (κ3) is 3.69. The highest BCUT2D eigenvalue weighted by Gasteiger charge is 2.30. The van der Waals surface area contributed by atoms with E-state index in [9.17, 15) is 13.6 Å². The van der Waals surface area contributed by atoms with Crippen LogP contribution in [0.1, 0.15) is 40.4 Å². The van der Waals surface area contributed by atoms with Crippen LogP contribution in [-0.2, 0) is 0 Å². The Morgan fingerprint density at radius 3 is 2.11 bits per heavy atom. The third-order valence-electron chi connectivity index (χ3n) is 4.84. The molecule has 0 saturated carbocycles. The summed E-state index contributed by atoms with van der Waals surface area (Å²) in [6.45, 7) is 0. The van der Waals surface area contributed by atoms with E-state index in [4.69, 9.17) is 0 Å². The zero-order chi connectivity index (χ0) is 19.5. The van der Waals surface area contributed by atoms with Gasteiger partial charge in [0.1, 0.15) is 11.6 Å². The third-order valence-corrected chi connectivity index (χ3v) is 4.84. The normalized spacial score (nSPS) is 16.6. The Kier molecular flexibility index (Phi) is 4.98. The predicted octanol–water partition coefficient (Wildman–Crippen LogP) is 5.35. The van der Waals surface area contributed by atoms with Gasteiger partial charge in [0.05, 0.1) is 11.8 Å². The number of nitrogens with zero attached hydrogens (tertiary/aromatic N) is 2. The number of carbonyl (C=O) groups is 1. The standard InChI is InChI=1S/C23H18F2N2O/c24-19-10-6-16(7-11-19)21-14-15-22(17-8-12-20(25)13-9-17)27(26-21)23(28)18-4-2-1-3-5-18/h1-13,22H,14-15H2/t22-/m1/s1. The summed E-state index contributed by atoms with van der Waals surface area (Å²) in [4.78, 5) is 13.2. The van der Waals surface area contributed by atoms with Gasteiger partial charge in [0.25, 0.3) is 5.91 Å². The molecule has 0 bridgehead atoms. The average molecular weight is 376 g/mol. The second-order valence-corrected chi connectivity index (χ2v) is 6.68. The van der Waals surface area contributed by atoms with Crippen molar-refractivity contribution in [3.63, 3.8) is 0 Å². The van der Waals surface area contributed by atoms with Gasteiger partial charge < -0.3 is 0 Å². The SMILES string of the molecule is O=C(c1ccccc1)N1N=C(c2ccc(F)cc2)CC[C@@H]1c1ccc(F)cc1. The number of carbonyl (C=O) groups excluding carboxylic acids is 1. The first-order chi connectivity index (χ1) is 13.6. The van der Waals surface area contributed by atoms with Gasteiger partial charge in [-0.2, -0.15) is 5.10 Å². The lowest BCUT2D eigenvalue weighted by atomic mass is 9.95. The van der Waals surface area contributed by atoms with E-state index in [0.29, 0.717) is 18.4 Å². The Balaban J connectivity index is 1.74. The van der Waals surface area contributed by atoms with Gasteiger partial charge >= 0.3 is 0 Å². The predicted molar refractivity (Wildman–Crippen MR) is 104 cm³/mol. The van der Waals surface area contributed by atoms with Crippen molar-refractivity contribution in [2.45, 2.75) is 18.9 Å². The molecule has 1 aliphatic heterocycles. The van der Waals surface area contributed by atoms with Crippen LogP contribution in [0.2, 0.25) is 0 Å². The first-order valence-electron chi connectivity index (χ1n) is 9.09. The highest BCUT2D eigenvalue weighted by atomic mass is 19.1. The zero-order valence-corrected chi connectivity index (χ0v) is 15.1. The lowest BCUT2D eigenvalue weighted by Gasteiger charge is -2.33. The minimum absolute atomic E-state index is 0.228. The lowest BCUT2D eigenvalue weighted by molar-refractivity contribution is 0.0660. The molecule has 140 valence electrons. The summed E-state index contributed by atoms with van der Waals surface area (Å²) < 4.78 is 26.6. The molecule has 0 radical (unpaired) electrons. The minimum Gasteiger partial charge on any atom is -0.267 e. The molecule has 1 aliphatic rings. The van der Waals surface area contributed by atoms with Gasteiger partial charge in [0.2, 0.25) is 0 Å². The number of rotatable bonds is 3. The topological polar surface area (TPSA) is 32.7 Å². The fraction of sp³-hybridized carbons (Fsp3) is 0.130. The molecule has 3 nitrogen and oxygen atoms in total. The van der Waals surface area contributed by atoms with Crippen LogP contribution in [0.4, 0.5) is 8.78 Å². The van der Waals surface area contributed by atoms with E-state index in [1.807, 2.05) is 6.07 Å². The molecule has 0 spiro atoms. The molecule has 3 aromatic rings. The van der Waals surface area contributed by atoms with Gasteiger partial charge in [0.15, 0.2) is 0 Å². The number of amides is 1. The molecular weight excluding hydrogens is 358 g/mol. The molecule has 0 saturated heterocycles. The fourth-order valence-corrected chi connectivity index (χ4v) is 3.38. The van der Waals surface area contributed by atoms with Crippen LogP contribution >= 0.6 is 0 Å². The maximum absolute atomic E-state index is 13.4. The maximum atomic E-state index is 13.4. The van der Waals surface area contributed by atoms with Gasteiger partial charge in [-0.1, -0.05) is 42.5 Å². The molecular formula is C23H18F2N2O. The fourth-order valence-electron chi connectivity index (χ4n) is 3.38. The van der Waals surface area contributed by atoms with Crippen LogP contribution in [0.25, 0.3) is 0 Å². The number of hydrazone groups is 1. The van der Waals surface area contributed by atoms with E-state index in [-0.39, 0.29) is 23.6 Å². The first kappa shape index (κ1) is 18.0. The van der Waals surface area contributed by atoms with Crippen molar-refractivity contribution in [3.8, 4) is 0 Å². The highest BCUT2D eigenvalue weighted by molar-refractivity contribution is 6.03. The van der Waals surface area contributed by atoms with Crippen LogP contribution in [0.5, 0.6) is 0 Å². The number of hydrogen-bond acceptors (Lipinski definition) is 2. The van der Waals surface area contributed by atoms with Crippen LogP contribution in [-0.4, -0.2) is 16.6 Å². The summed E-state index contributed by atoms with van der Waals surface area (Å²) in [6.07, 6.45) is 1.27. The van der Waals surface area contributed by atoms with Crippen molar-refractivity contribution >= 4 is 11.6 Å². The Morgan fingerprint density at radius 2 is 1.46 bits per heavy atom. The van der Waals surface area contributed by atoms with Crippen LogP contribution < -0.4 is 0 Å². The molecule has 1 amide bonds. The van der Waals surface area contributed by atoms with E-state index in [1.54, 1.807) is 48.5 Å². The van der Waals surface area contributed by atoms with E-state index in [0.717, 1.165) is 16.8 Å². The van der Waals surface area contributed by atoms with E-state index >= 15 is 0 Å². The maximum Gasteiger partial charge on any atom is 0.274 e. The molecule has 0 unspecified atom stereocenters. The van der Waals surface area contributed by atoms with Crippen LogP contribution in [0.3, 0.4) is 0 Å². The molecule has 3 aromatic carbocycles. The zero-order valence-electron chi connectivity index (χ0n) is 15.1. The van der Waals surface area contributed by atoms with Crippen LogP contribution in [0, 0.1) is 11.6 Å². The summed E-state index contributed by atoms with van der Waals surface area (Å²) in [5, 5.41) is 6.09. The molecule has 0 aromatic heterocycles. The summed E-state index contributed by atoms with van der Waals surface area (Å²) in [6, 6.07) is 20.9. The summed E-state index contributed by atoms with van der Waals surface area (Å²) in [5.41, 5.74) is 2.86. The van der Waals surface area contributed by atoms with Crippen molar-refractivity contribution in [2.24, 2.45) is 5.10 Å². The van der Waals surface area contributed by atoms with Crippen LogP contribution in [0.15, 0.2) is 84.0 Å². The largest absolute Gasteiger partial charge is 0.274 e. The van der Waals surface area contributed by atoms with E-state index in [2.05, 4.69) is 5.10 Å². The van der Waals surface area contributed by atoms with Crippen molar-refractivity contribution in [3.05, 3.63) is 107 Å². The van der Waals surface area contributed by atoms with Gasteiger partial charge in [-0.05, 0) is 60.4 Å². The van der Waals surface area contributed by atoms with Crippen molar-refractivity contribution in [1.29, 1.82) is 0 Å². The molecule has 5 heteroatoms. The minimum atomic E-state index is -0.323. The molecule has 4 rings (SSSR count). The second-order valence-electron chi connectivity index (χ2n) is 6.68. The van der Waals surface area contributed by atoms with Gasteiger partial charge in [-0.25, -0.2) is 13.8 Å². The smallest absolute Gasteiger partial charge is 0.267 e. The Bertz CT molecular complexity index is 999. The van der Waals surface area contributed by atoms with Gasteiger partial charge in [-0.15, -0.1) is 0 Å². The Morgan fingerprint density at radius 1 is 0.857 bits per heavy atom. The van der Waals surface area contributed by atoms with Gasteiger partial charge in [-0.3, -0.25) is 4.79 Å². The van der Waals surface area contributed by atoms with E-state index in [1.165, 1.54) is 29.3 Å². The molecule has 1 atom stereocenters. The molecule has 28 heavy (non-hydrogen) atoms. The molecule has 0 aliphatic carbocycles. The van der Waals surface area contributed by atoms with Crippen molar-refractivity contribution in [1.82, 2.24) is 5.01 Å². The molecule has 1 heterocycles. The van der Waals surface area contributed by atoms with Gasteiger partial charge in [0, 0.05) is 5.56 Å². The van der Waals surface area contributed by atoms with E-state index < -0.39 is 0 Å². The monoisotopic (exact) mass is 376 g/mol. The Labute approximate surface area is 161 Å². The highest BCUT2D eigenvalue weighted by Crippen LogP contribution is 2.33. The number of hydrogen-bond donors (Lipinski definition) is 0. The summed E-state index contributed by atoms with van der Waals surface area (Å²) >= 11 is 0. The average Bonchev–Trinajstić information content (AvgIpc) is 2.75. The lowest BCUT2D eigenvalue weighted by Crippen LogP contribution is -2.35. The summed E-state index contributed by atoms with van der Waals surface area (Å²) in [7, 11) is 0. The first-order valence-corrected chi connectivity index (χ1v) is 9.09. The quantitative estimate of drug-likeness (QED) is 0.607. The number of halogens is 2. The molecule has 0 fully saturated rings. The second kappa shape index (κ2) is 7.72. The molecule has 0 N–H and O–H groups in total. The summed E-state index contributed by atoms with van der Waals surface area (Å²) in [5.74, 6) is -0.869. The number of benzene rings is 3. The van der Waals surface area contributed by atoms with Crippen molar-refractivity contribution in [2.75, 3.05) is 0 Å². The van der Waals surface area contributed by atoms with Crippen molar-refractivity contribution < 1.29 is 13.6 Å².